The summed E-state index contributed by atoms with van der Waals surface area (Å²) in [4.78, 5) is 0. The summed E-state index contributed by atoms with van der Waals surface area (Å²) in [6, 6.07) is 0. The Morgan fingerprint density at radius 2 is 0.800 bits per heavy atom. The summed E-state index contributed by atoms with van der Waals surface area (Å²) in [5.74, 6) is -0.910. The normalized spacial score (nSPS) is 34.8. The second kappa shape index (κ2) is 8.82. The van der Waals surface area contributed by atoms with Crippen LogP contribution in [0.4, 0.5) is 17.6 Å². The van der Waals surface area contributed by atoms with E-state index in [1.165, 1.54) is 0 Å². The van der Waals surface area contributed by atoms with E-state index in [4.69, 9.17) is 10.2 Å². The highest BCUT2D eigenvalue weighted by atomic mass is 19.3. The van der Waals surface area contributed by atoms with E-state index in [-0.39, 0.29) is 12.2 Å². The van der Waals surface area contributed by atoms with Gasteiger partial charge in [-0.2, -0.15) is 0 Å². The molecule has 0 atom stereocenters. The fourth-order valence-electron chi connectivity index (χ4n) is 2.71. The molecule has 0 amide bonds. The molecule has 120 valence electrons. The van der Waals surface area contributed by atoms with Crippen LogP contribution in [0.1, 0.15) is 51.4 Å². The largest absolute Gasteiger partial charge is 0.393 e. The van der Waals surface area contributed by atoms with Crippen LogP contribution in [0, 0.1) is 11.8 Å². The summed E-state index contributed by atoms with van der Waals surface area (Å²) in [5, 5.41) is 17.9. The Balaban J connectivity index is 0.000000200. The summed E-state index contributed by atoms with van der Waals surface area (Å²) < 4.78 is 47.9. The van der Waals surface area contributed by atoms with Crippen LogP contribution in [0.5, 0.6) is 0 Å². The maximum Gasteiger partial charge on any atom is 0.241 e. The lowest BCUT2D eigenvalue weighted by molar-refractivity contribution is 0.0221. The minimum absolute atomic E-state index is 0.324. The van der Waals surface area contributed by atoms with Crippen LogP contribution >= 0.6 is 0 Å². The molecule has 0 bridgehead atoms. The third-order valence-electron chi connectivity index (χ3n) is 4.20. The zero-order chi connectivity index (χ0) is 15.1. The molecule has 0 heterocycles. The highest BCUT2D eigenvalue weighted by molar-refractivity contribution is 4.73. The average Bonchev–Trinajstić information content (AvgIpc) is 2.40. The smallest absolute Gasteiger partial charge is 0.241 e. The monoisotopic (exact) mass is 300 g/mol. The molecule has 0 aromatic carbocycles. The lowest BCUT2D eigenvalue weighted by Gasteiger charge is -2.24. The van der Waals surface area contributed by atoms with E-state index in [1.807, 2.05) is 0 Å². The fraction of sp³-hybridized carbons (Fsp3) is 1.00. The zero-order valence-electron chi connectivity index (χ0n) is 11.5. The number of rotatable bonds is 2. The Bertz CT molecular complexity index is 222. The fourth-order valence-corrected chi connectivity index (χ4v) is 2.71. The van der Waals surface area contributed by atoms with Gasteiger partial charge in [-0.1, -0.05) is 0 Å². The molecular formula is C14H24F4O2. The first kappa shape index (κ1) is 17.7. The maximum absolute atomic E-state index is 12.0. The van der Waals surface area contributed by atoms with Gasteiger partial charge in [0.05, 0.1) is 12.2 Å². The van der Waals surface area contributed by atoms with E-state index in [2.05, 4.69) is 0 Å². The minimum atomic E-state index is -2.19. The van der Waals surface area contributed by atoms with Crippen LogP contribution in [0.3, 0.4) is 0 Å². The predicted molar refractivity (Wildman–Crippen MR) is 67.9 cm³/mol. The van der Waals surface area contributed by atoms with Crippen molar-refractivity contribution in [1.82, 2.24) is 0 Å². The minimum Gasteiger partial charge on any atom is -0.393 e. The highest BCUT2D eigenvalue weighted by Gasteiger charge is 2.26. The van der Waals surface area contributed by atoms with E-state index < -0.39 is 24.7 Å². The van der Waals surface area contributed by atoms with Crippen molar-refractivity contribution in [2.75, 3.05) is 0 Å². The molecule has 2 aliphatic rings. The van der Waals surface area contributed by atoms with Gasteiger partial charge in [0.15, 0.2) is 0 Å². The van der Waals surface area contributed by atoms with Gasteiger partial charge in [0.2, 0.25) is 12.9 Å². The number of alkyl halides is 4. The van der Waals surface area contributed by atoms with E-state index in [0.717, 1.165) is 0 Å². The van der Waals surface area contributed by atoms with E-state index >= 15 is 0 Å². The molecule has 0 spiro atoms. The molecule has 2 N–H and O–H groups in total. The van der Waals surface area contributed by atoms with Gasteiger partial charge in [0.25, 0.3) is 0 Å². The third kappa shape index (κ3) is 6.39. The first-order valence-electron chi connectivity index (χ1n) is 7.32. The molecule has 0 aliphatic heterocycles. The summed E-state index contributed by atoms with van der Waals surface area (Å²) in [6.45, 7) is 0. The van der Waals surface area contributed by atoms with Crippen molar-refractivity contribution in [3.05, 3.63) is 0 Å². The average molecular weight is 300 g/mol. The first-order valence-corrected chi connectivity index (χ1v) is 7.32. The van der Waals surface area contributed by atoms with Crippen LogP contribution in [0.15, 0.2) is 0 Å². The van der Waals surface area contributed by atoms with Gasteiger partial charge < -0.3 is 10.2 Å². The Kier molecular flexibility index (Phi) is 7.80. The molecule has 2 aliphatic carbocycles. The topological polar surface area (TPSA) is 40.5 Å². The Labute approximate surface area is 117 Å². The Morgan fingerprint density at radius 1 is 0.550 bits per heavy atom. The maximum atomic E-state index is 12.0. The molecule has 0 radical (unpaired) electrons. The van der Waals surface area contributed by atoms with Crippen molar-refractivity contribution >= 4 is 0 Å². The lowest BCUT2D eigenvalue weighted by atomic mass is 9.88. The number of hydrogen-bond donors (Lipinski definition) is 2. The zero-order valence-corrected chi connectivity index (χ0v) is 11.5. The second-order valence-electron chi connectivity index (χ2n) is 5.81. The highest BCUT2D eigenvalue weighted by Crippen LogP contribution is 2.29. The van der Waals surface area contributed by atoms with Crippen LogP contribution < -0.4 is 0 Å². The molecule has 0 aromatic heterocycles. The van der Waals surface area contributed by atoms with Gasteiger partial charge >= 0.3 is 0 Å². The molecule has 20 heavy (non-hydrogen) atoms. The molecule has 2 saturated carbocycles. The molecule has 2 fully saturated rings. The standard InChI is InChI=1S/2C7H12F2O/c2*8-7(9)5-1-3-6(10)4-2-5/h2*5-7,10H,1-4H2. The Morgan fingerprint density at radius 3 is 1.00 bits per heavy atom. The van der Waals surface area contributed by atoms with E-state index in [0.29, 0.717) is 51.4 Å². The SMILES string of the molecule is OC1CCC(C(F)F)CC1.OC1CCC(C(F)F)CC1. The molecule has 2 nitrogen and oxygen atoms in total. The molecular weight excluding hydrogens is 276 g/mol. The summed E-state index contributed by atoms with van der Waals surface area (Å²) in [5.41, 5.74) is 0. The molecule has 0 aromatic rings. The van der Waals surface area contributed by atoms with E-state index in [1.54, 1.807) is 0 Å². The van der Waals surface area contributed by atoms with E-state index in [9.17, 15) is 17.6 Å². The second-order valence-corrected chi connectivity index (χ2v) is 5.81. The molecule has 0 saturated heterocycles. The summed E-state index contributed by atoms with van der Waals surface area (Å²) >= 11 is 0. The quantitative estimate of drug-likeness (QED) is 0.765. The summed E-state index contributed by atoms with van der Waals surface area (Å²) in [6.07, 6.45) is -0.881. The van der Waals surface area contributed by atoms with Crippen LogP contribution in [0.2, 0.25) is 0 Å². The van der Waals surface area contributed by atoms with Crippen molar-refractivity contribution in [2.24, 2.45) is 11.8 Å². The van der Waals surface area contributed by atoms with Gasteiger partial charge in [0, 0.05) is 11.8 Å². The van der Waals surface area contributed by atoms with Crippen molar-refractivity contribution in [2.45, 2.75) is 76.4 Å². The number of hydrogen-bond acceptors (Lipinski definition) is 2. The van der Waals surface area contributed by atoms with Crippen LogP contribution in [-0.4, -0.2) is 35.3 Å². The van der Waals surface area contributed by atoms with Gasteiger partial charge in [0.1, 0.15) is 0 Å². The first-order chi connectivity index (χ1) is 9.40. The number of halogens is 4. The van der Waals surface area contributed by atoms with Gasteiger partial charge in [-0.05, 0) is 51.4 Å². The molecule has 2 rings (SSSR count). The Hall–Kier alpha value is -0.360. The van der Waals surface area contributed by atoms with Crippen LogP contribution in [0.25, 0.3) is 0 Å². The van der Waals surface area contributed by atoms with Gasteiger partial charge in [-0.3, -0.25) is 0 Å². The van der Waals surface area contributed by atoms with Crippen LogP contribution in [-0.2, 0) is 0 Å². The van der Waals surface area contributed by atoms with Crippen molar-refractivity contribution in [3.63, 3.8) is 0 Å². The summed E-state index contributed by atoms with van der Waals surface area (Å²) in [7, 11) is 0. The van der Waals surface area contributed by atoms with Crippen molar-refractivity contribution in [3.8, 4) is 0 Å². The predicted octanol–water partition coefficient (Wildman–Crippen LogP) is 3.61. The number of aliphatic hydroxyl groups excluding tert-OH is 2. The van der Waals surface area contributed by atoms with Crippen molar-refractivity contribution in [1.29, 1.82) is 0 Å². The third-order valence-corrected chi connectivity index (χ3v) is 4.20. The van der Waals surface area contributed by atoms with Gasteiger partial charge in [-0.25, -0.2) is 17.6 Å². The number of aliphatic hydroxyl groups is 2. The molecule has 6 heteroatoms. The lowest BCUT2D eigenvalue weighted by Crippen LogP contribution is -2.22. The van der Waals surface area contributed by atoms with Crippen molar-refractivity contribution < 1.29 is 27.8 Å². The van der Waals surface area contributed by atoms with Gasteiger partial charge in [-0.15, -0.1) is 0 Å². The molecule has 0 unspecified atom stereocenters.